The van der Waals surface area contributed by atoms with Crippen molar-refractivity contribution in [2.75, 3.05) is 0 Å². The Labute approximate surface area is 157 Å². The molecule has 0 aliphatic carbocycles. The zero-order valence-electron chi connectivity index (χ0n) is 13.6. The van der Waals surface area contributed by atoms with E-state index in [1.807, 2.05) is 0 Å². The molecule has 0 bridgehead atoms. The topological polar surface area (TPSA) is 97.7 Å². The standard InChI is InChI=1S/C18H11ClFN3O4/c19-15-9-11(23(25)26)5-7-13(15)17-8-6-12(27-17)10-21-22-18(24)14-3-1-2-4-16(14)20/h1-10H,(H,22,24)/b21-10-. The van der Waals surface area contributed by atoms with Gasteiger partial charge in [0.25, 0.3) is 11.6 Å². The van der Waals surface area contributed by atoms with Gasteiger partial charge in [-0.3, -0.25) is 14.9 Å². The van der Waals surface area contributed by atoms with Crippen molar-refractivity contribution in [3.63, 3.8) is 0 Å². The summed E-state index contributed by atoms with van der Waals surface area (Å²) in [7, 11) is 0. The number of nitro groups is 1. The summed E-state index contributed by atoms with van der Waals surface area (Å²) in [5.41, 5.74) is 2.40. The molecule has 136 valence electrons. The molecule has 0 radical (unpaired) electrons. The molecular weight excluding hydrogens is 377 g/mol. The van der Waals surface area contributed by atoms with Crippen molar-refractivity contribution in [3.8, 4) is 11.3 Å². The second-order valence-electron chi connectivity index (χ2n) is 5.30. The van der Waals surface area contributed by atoms with E-state index < -0.39 is 16.6 Å². The van der Waals surface area contributed by atoms with Crippen LogP contribution in [0.1, 0.15) is 16.1 Å². The predicted octanol–water partition coefficient (Wildman–Crippen LogP) is 4.41. The summed E-state index contributed by atoms with van der Waals surface area (Å²) in [6.07, 6.45) is 1.24. The fraction of sp³-hybridized carbons (Fsp3) is 0. The molecule has 2 aromatic carbocycles. The van der Waals surface area contributed by atoms with Crippen molar-refractivity contribution < 1.29 is 18.5 Å². The van der Waals surface area contributed by atoms with E-state index in [0.29, 0.717) is 17.1 Å². The normalized spacial score (nSPS) is 10.9. The Kier molecular flexibility index (Phi) is 5.28. The van der Waals surface area contributed by atoms with Gasteiger partial charge < -0.3 is 4.42 Å². The van der Waals surface area contributed by atoms with Gasteiger partial charge in [0.2, 0.25) is 0 Å². The SMILES string of the molecule is O=C(N/N=C\c1ccc(-c2ccc([N+](=O)[O-])cc2Cl)o1)c1ccccc1F. The Hall–Kier alpha value is -3.52. The lowest BCUT2D eigenvalue weighted by Crippen LogP contribution is -2.18. The molecule has 3 rings (SSSR count). The van der Waals surface area contributed by atoms with Crippen molar-refractivity contribution in [1.82, 2.24) is 5.43 Å². The van der Waals surface area contributed by atoms with Crippen LogP contribution >= 0.6 is 11.6 Å². The number of hydrogen-bond donors (Lipinski definition) is 1. The van der Waals surface area contributed by atoms with E-state index >= 15 is 0 Å². The molecule has 0 fully saturated rings. The molecule has 1 N–H and O–H groups in total. The lowest BCUT2D eigenvalue weighted by molar-refractivity contribution is -0.384. The lowest BCUT2D eigenvalue weighted by atomic mass is 10.1. The average Bonchev–Trinajstić information content (AvgIpc) is 3.10. The minimum atomic E-state index is -0.699. The van der Waals surface area contributed by atoms with Crippen LogP contribution in [0.4, 0.5) is 10.1 Å². The van der Waals surface area contributed by atoms with Gasteiger partial charge in [0, 0.05) is 17.7 Å². The largest absolute Gasteiger partial charge is 0.455 e. The van der Waals surface area contributed by atoms with Gasteiger partial charge in [0.15, 0.2) is 0 Å². The van der Waals surface area contributed by atoms with Crippen LogP contribution in [0.15, 0.2) is 64.1 Å². The number of nitro benzene ring substituents is 1. The summed E-state index contributed by atoms with van der Waals surface area (Å²) in [6, 6.07) is 12.7. The van der Waals surface area contributed by atoms with Gasteiger partial charge in [-0.15, -0.1) is 0 Å². The van der Waals surface area contributed by atoms with Crippen molar-refractivity contribution in [3.05, 3.63) is 86.9 Å². The van der Waals surface area contributed by atoms with E-state index in [-0.39, 0.29) is 16.3 Å². The van der Waals surface area contributed by atoms with Crippen LogP contribution < -0.4 is 5.43 Å². The van der Waals surface area contributed by atoms with Gasteiger partial charge in [-0.05, 0) is 30.3 Å². The highest BCUT2D eigenvalue weighted by Crippen LogP contribution is 2.32. The molecular formula is C18H11ClFN3O4. The molecule has 7 nitrogen and oxygen atoms in total. The Bertz CT molecular complexity index is 1050. The van der Waals surface area contributed by atoms with Crippen LogP contribution in [0, 0.1) is 15.9 Å². The number of carbonyl (C=O) groups excluding carboxylic acids is 1. The Morgan fingerprint density at radius 1 is 1.22 bits per heavy atom. The van der Waals surface area contributed by atoms with Gasteiger partial charge in [0.1, 0.15) is 17.3 Å². The number of hydrogen-bond acceptors (Lipinski definition) is 5. The molecule has 0 aliphatic rings. The fourth-order valence-electron chi connectivity index (χ4n) is 2.24. The summed E-state index contributed by atoms with van der Waals surface area (Å²) < 4.78 is 19.0. The molecule has 1 amide bonds. The van der Waals surface area contributed by atoms with Crippen molar-refractivity contribution in [2.45, 2.75) is 0 Å². The maximum Gasteiger partial charge on any atom is 0.274 e. The molecule has 3 aromatic rings. The average molecular weight is 388 g/mol. The summed E-state index contributed by atoms with van der Waals surface area (Å²) in [4.78, 5) is 22.0. The van der Waals surface area contributed by atoms with Gasteiger partial charge in [0.05, 0.1) is 21.7 Å². The Morgan fingerprint density at radius 2 is 2.00 bits per heavy atom. The smallest absolute Gasteiger partial charge is 0.274 e. The molecule has 1 heterocycles. The zero-order chi connectivity index (χ0) is 19.4. The highest BCUT2D eigenvalue weighted by Gasteiger charge is 2.13. The first-order chi connectivity index (χ1) is 13.0. The zero-order valence-corrected chi connectivity index (χ0v) is 14.3. The highest BCUT2D eigenvalue weighted by atomic mass is 35.5. The molecule has 0 saturated carbocycles. The quantitative estimate of drug-likeness (QED) is 0.398. The second-order valence-corrected chi connectivity index (χ2v) is 5.71. The number of halogens is 2. The monoisotopic (exact) mass is 387 g/mol. The number of nitrogens with one attached hydrogen (secondary N) is 1. The lowest BCUT2D eigenvalue weighted by Gasteiger charge is -2.01. The van der Waals surface area contributed by atoms with E-state index in [1.165, 1.54) is 48.7 Å². The van der Waals surface area contributed by atoms with Crippen molar-refractivity contribution in [1.29, 1.82) is 0 Å². The van der Waals surface area contributed by atoms with Crippen LogP contribution in [-0.4, -0.2) is 17.0 Å². The third-order valence-electron chi connectivity index (χ3n) is 3.53. The summed E-state index contributed by atoms with van der Waals surface area (Å²) in [5.74, 6) is -0.683. The van der Waals surface area contributed by atoms with Gasteiger partial charge in [-0.1, -0.05) is 23.7 Å². The van der Waals surface area contributed by atoms with Crippen LogP contribution in [-0.2, 0) is 0 Å². The summed E-state index contributed by atoms with van der Waals surface area (Å²) in [6.45, 7) is 0. The van der Waals surface area contributed by atoms with E-state index in [1.54, 1.807) is 12.1 Å². The van der Waals surface area contributed by atoms with Gasteiger partial charge >= 0.3 is 0 Å². The number of carbonyl (C=O) groups is 1. The maximum atomic E-state index is 13.5. The molecule has 0 spiro atoms. The van der Waals surface area contributed by atoms with Crippen LogP contribution in [0.25, 0.3) is 11.3 Å². The van der Waals surface area contributed by atoms with Crippen LogP contribution in [0.2, 0.25) is 5.02 Å². The molecule has 0 atom stereocenters. The first-order valence-corrected chi connectivity index (χ1v) is 7.95. The number of nitrogens with zero attached hydrogens (tertiary/aromatic N) is 2. The number of benzene rings is 2. The number of furan rings is 1. The van der Waals surface area contributed by atoms with Crippen LogP contribution in [0.3, 0.4) is 0 Å². The third kappa shape index (κ3) is 4.18. The van der Waals surface area contributed by atoms with E-state index in [4.69, 9.17) is 16.0 Å². The molecule has 0 saturated heterocycles. The maximum absolute atomic E-state index is 13.5. The highest BCUT2D eigenvalue weighted by molar-refractivity contribution is 6.33. The van der Waals surface area contributed by atoms with E-state index in [2.05, 4.69) is 10.5 Å². The molecule has 27 heavy (non-hydrogen) atoms. The van der Waals surface area contributed by atoms with Crippen LogP contribution in [0.5, 0.6) is 0 Å². The minimum absolute atomic E-state index is 0.132. The predicted molar refractivity (Wildman–Crippen MR) is 97.3 cm³/mol. The van der Waals surface area contributed by atoms with E-state index in [9.17, 15) is 19.3 Å². The first kappa shape index (κ1) is 18.3. The number of amides is 1. The molecule has 0 unspecified atom stereocenters. The number of rotatable bonds is 5. The van der Waals surface area contributed by atoms with Gasteiger partial charge in [-0.2, -0.15) is 5.10 Å². The van der Waals surface area contributed by atoms with Crippen molar-refractivity contribution >= 4 is 29.4 Å². The minimum Gasteiger partial charge on any atom is -0.455 e. The molecule has 0 aliphatic heterocycles. The van der Waals surface area contributed by atoms with Gasteiger partial charge in [-0.25, -0.2) is 9.82 Å². The molecule has 1 aromatic heterocycles. The summed E-state index contributed by atoms with van der Waals surface area (Å²) in [5, 5.41) is 14.6. The molecule has 9 heteroatoms. The summed E-state index contributed by atoms with van der Waals surface area (Å²) >= 11 is 6.06. The van der Waals surface area contributed by atoms with E-state index in [0.717, 1.165) is 0 Å². The number of non-ortho nitro benzene ring substituents is 1. The van der Waals surface area contributed by atoms with Crippen molar-refractivity contribution in [2.24, 2.45) is 5.10 Å². The second kappa shape index (κ2) is 7.79. The number of hydrazone groups is 1. The first-order valence-electron chi connectivity index (χ1n) is 7.58. The third-order valence-corrected chi connectivity index (χ3v) is 3.84. The fourth-order valence-corrected chi connectivity index (χ4v) is 2.51. The Morgan fingerprint density at radius 3 is 2.70 bits per heavy atom. The Balaban J connectivity index is 1.71.